The number of amides is 1. The Kier molecular flexibility index (Phi) is 5.68. The molecule has 0 aromatic heterocycles. The number of likely N-dealkylation sites (tertiary alicyclic amines) is 1. The van der Waals surface area contributed by atoms with E-state index in [0.29, 0.717) is 24.6 Å². The number of benzene rings is 2. The molecule has 1 aliphatic rings. The van der Waals surface area contributed by atoms with Gasteiger partial charge in [0.05, 0.1) is 9.92 Å². The summed E-state index contributed by atoms with van der Waals surface area (Å²) in [5.74, 6) is 0.433. The van der Waals surface area contributed by atoms with Crippen molar-refractivity contribution in [1.29, 1.82) is 0 Å². The van der Waals surface area contributed by atoms with Gasteiger partial charge in [0.25, 0.3) is 5.91 Å². The van der Waals surface area contributed by atoms with Crippen molar-refractivity contribution in [1.82, 2.24) is 4.90 Å². The Morgan fingerprint density at radius 1 is 1.12 bits per heavy atom. The van der Waals surface area contributed by atoms with E-state index >= 15 is 0 Å². The monoisotopic (exact) mass is 391 g/mol. The summed E-state index contributed by atoms with van der Waals surface area (Å²) < 4.78 is 23.6. The number of hydrogen-bond acceptors (Lipinski definition) is 3. The fourth-order valence-corrected chi connectivity index (χ4v) is 4.69. The van der Waals surface area contributed by atoms with Gasteiger partial charge >= 0.3 is 0 Å². The van der Waals surface area contributed by atoms with Crippen LogP contribution < -0.4 is 0 Å². The van der Waals surface area contributed by atoms with Crippen LogP contribution >= 0.6 is 11.6 Å². The predicted molar refractivity (Wildman–Crippen MR) is 103 cm³/mol. The average molecular weight is 392 g/mol. The molecule has 0 spiro atoms. The molecule has 1 fully saturated rings. The molecule has 2 aromatic carbocycles. The smallest absolute Gasteiger partial charge is 0.253 e. The standard InChI is InChI=1S/C20H22ClNO3S/c1-26(24,25)19-14-17(7-8-18(19)21)20(23)22-11-9-16(10-12-22)13-15-5-3-2-4-6-15/h2-8,14,16H,9-13H2,1H3. The first-order chi connectivity index (χ1) is 12.3. The number of hydrogen-bond donors (Lipinski definition) is 0. The Morgan fingerprint density at radius 3 is 2.38 bits per heavy atom. The maximum Gasteiger partial charge on any atom is 0.253 e. The van der Waals surface area contributed by atoms with E-state index in [1.54, 1.807) is 11.0 Å². The van der Waals surface area contributed by atoms with E-state index in [1.165, 1.54) is 17.7 Å². The van der Waals surface area contributed by atoms with Crippen molar-refractivity contribution in [2.45, 2.75) is 24.2 Å². The van der Waals surface area contributed by atoms with Gasteiger partial charge in [0.1, 0.15) is 0 Å². The maximum absolute atomic E-state index is 12.7. The number of piperidine rings is 1. The van der Waals surface area contributed by atoms with E-state index in [-0.39, 0.29) is 15.8 Å². The Balaban J connectivity index is 1.65. The third-order valence-electron chi connectivity index (χ3n) is 4.85. The third kappa shape index (κ3) is 4.46. The Morgan fingerprint density at radius 2 is 1.77 bits per heavy atom. The van der Waals surface area contributed by atoms with Gasteiger partial charge in [0.15, 0.2) is 9.84 Å². The van der Waals surface area contributed by atoms with E-state index in [9.17, 15) is 13.2 Å². The van der Waals surface area contributed by atoms with Gasteiger partial charge in [-0.3, -0.25) is 4.79 Å². The molecule has 138 valence electrons. The van der Waals surface area contributed by atoms with Crippen molar-refractivity contribution in [3.05, 3.63) is 64.7 Å². The minimum Gasteiger partial charge on any atom is -0.339 e. The van der Waals surface area contributed by atoms with E-state index < -0.39 is 9.84 Å². The molecule has 3 rings (SSSR count). The molecule has 0 radical (unpaired) electrons. The van der Waals surface area contributed by atoms with Gasteiger partial charge in [-0.15, -0.1) is 0 Å². The molecule has 26 heavy (non-hydrogen) atoms. The lowest BCUT2D eigenvalue weighted by atomic mass is 9.90. The van der Waals surface area contributed by atoms with Gasteiger partial charge in [0, 0.05) is 24.9 Å². The van der Waals surface area contributed by atoms with Crippen LogP contribution in [-0.2, 0) is 16.3 Å². The number of carbonyl (C=O) groups is 1. The summed E-state index contributed by atoms with van der Waals surface area (Å²) in [5, 5.41) is 0.144. The first-order valence-corrected chi connectivity index (χ1v) is 10.9. The number of nitrogens with zero attached hydrogens (tertiary/aromatic N) is 1. The van der Waals surface area contributed by atoms with Gasteiger partial charge < -0.3 is 4.90 Å². The van der Waals surface area contributed by atoms with Crippen LogP contribution in [0.15, 0.2) is 53.4 Å². The average Bonchev–Trinajstić information content (AvgIpc) is 2.62. The van der Waals surface area contributed by atoms with Gasteiger partial charge in [-0.2, -0.15) is 0 Å². The van der Waals surface area contributed by atoms with E-state index in [1.807, 2.05) is 18.2 Å². The summed E-state index contributed by atoms with van der Waals surface area (Å²) in [6, 6.07) is 14.8. The molecular weight excluding hydrogens is 370 g/mol. The highest BCUT2D eigenvalue weighted by molar-refractivity contribution is 7.90. The zero-order valence-electron chi connectivity index (χ0n) is 14.7. The summed E-state index contributed by atoms with van der Waals surface area (Å²) in [5.41, 5.74) is 1.70. The highest BCUT2D eigenvalue weighted by Crippen LogP contribution is 2.26. The van der Waals surface area contributed by atoms with Crippen LogP contribution in [0, 0.1) is 5.92 Å². The first-order valence-electron chi connectivity index (χ1n) is 8.67. The molecule has 1 aliphatic heterocycles. The molecule has 1 saturated heterocycles. The summed E-state index contributed by atoms with van der Waals surface area (Å²) in [6.45, 7) is 1.38. The van der Waals surface area contributed by atoms with Crippen LogP contribution in [0.2, 0.25) is 5.02 Å². The molecule has 0 aliphatic carbocycles. The van der Waals surface area contributed by atoms with Gasteiger partial charge in [-0.05, 0) is 48.9 Å². The number of sulfone groups is 1. The summed E-state index contributed by atoms with van der Waals surface area (Å²) >= 11 is 5.96. The SMILES string of the molecule is CS(=O)(=O)c1cc(C(=O)N2CCC(Cc3ccccc3)CC2)ccc1Cl. The van der Waals surface area contributed by atoms with Crippen molar-refractivity contribution in [3.8, 4) is 0 Å². The molecule has 1 heterocycles. The minimum atomic E-state index is -3.47. The Bertz CT molecular complexity index is 889. The van der Waals surface area contributed by atoms with Crippen LogP contribution in [0.25, 0.3) is 0 Å². The van der Waals surface area contributed by atoms with Gasteiger partial charge in [0.2, 0.25) is 0 Å². The Labute approximate surface area is 159 Å². The molecular formula is C20H22ClNO3S. The predicted octanol–water partition coefficient (Wildman–Crippen LogP) is 3.84. The second-order valence-corrected chi connectivity index (χ2v) is 9.23. The van der Waals surface area contributed by atoms with E-state index in [0.717, 1.165) is 25.5 Å². The van der Waals surface area contributed by atoms with Crippen LogP contribution in [0.4, 0.5) is 0 Å². The fourth-order valence-electron chi connectivity index (χ4n) is 3.39. The van der Waals surface area contributed by atoms with Crippen LogP contribution in [0.1, 0.15) is 28.8 Å². The molecule has 2 aromatic rings. The van der Waals surface area contributed by atoms with Crippen molar-refractivity contribution < 1.29 is 13.2 Å². The molecule has 0 N–H and O–H groups in total. The van der Waals surface area contributed by atoms with Crippen LogP contribution in [0.5, 0.6) is 0 Å². The van der Waals surface area contributed by atoms with Crippen molar-refractivity contribution in [3.63, 3.8) is 0 Å². The summed E-state index contributed by atoms with van der Waals surface area (Å²) in [6.07, 6.45) is 4.03. The summed E-state index contributed by atoms with van der Waals surface area (Å²) in [7, 11) is -3.47. The van der Waals surface area contributed by atoms with Crippen molar-refractivity contribution in [2.75, 3.05) is 19.3 Å². The minimum absolute atomic E-state index is 0.00369. The Hall–Kier alpha value is -1.85. The number of carbonyl (C=O) groups excluding carboxylic acids is 1. The fraction of sp³-hybridized carbons (Fsp3) is 0.350. The largest absolute Gasteiger partial charge is 0.339 e. The zero-order valence-corrected chi connectivity index (χ0v) is 16.3. The molecule has 0 saturated carbocycles. The molecule has 4 nitrogen and oxygen atoms in total. The van der Waals surface area contributed by atoms with Gasteiger partial charge in [-0.25, -0.2) is 8.42 Å². The molecule has 0 bridgehead atoms. The van der Waals surface area contributed by atoms with Gasteiger partial charge in [-0.1, -0.05) is 41.9 Å². The van der Waals surface area contributed by atoms with Crippen LogP contribution in [-0.4, -0.2) is 38.6 Å². The lowest BCUT2D eigenvalue weighted by molar-refractivity contribution is 0.0690. The van der Waals surface area contributed by atoms with Crippen molar-refractivity contribution in [2.24, 2.45) is 5.92 Å². The van der Waals surface area contributed by atoms with E-state index in [2.05, 4.69) is 12.1 Å². The van der Waals surface area contributed by atoms with E-state index in [4.69, 9.17) is 11.6 Å². The lowest BCUT2D eigenvalue weighted by Gasteiger charge is -2.32. The van der Waals surface area contributed by atoms with Crippen molar-refractivity contribution >= 4 is 27.3 Å². The van der Waals surface area contributed by atoms with Crippen LogP contribution in [0.3, 0.4) is 0 Å². The first kappa shape index (κ1) is 18.9. The quantitative estimate of drug-likeness (QED) is 0.795. The highest BCUT2D eigenvalue weighted by atomic mass is 35.5. The number of halogens is 1. The number of rotatable bonds is 4. The third-order valence-corrected chi connectivity index (χ3v) is 6.42. The normalized spacial score (nSPS) is 15.8. The second kappa shape index (κ2) is 7.80. The molecule has 0 unspecified atom stereocenters. The molecule has 1 amide bonds. The molecule has 6 heteroatoms. The molecule has 0 atom stereocenters. The lowest BCUT2D eigenvalue weighted by Crippen LogP contribution is -2.39. The highest BCUT2D eigenvalue weighted by Gasteiger charge is 2.25. The summed E-state index contributed by atoms with van der Waals surface area (Å²) in [4.78, 5) is 14.5. The zero-order chi connectivity index (χ0) is 18.7. The topological polar surface area (TPSA) is 54.5 Å². The maximum atomic E-state index is 12.7. The second-order valence-electron chi connectivity index (χ2n) is 6.84.